The van der Waals surface area contributed by atoms with Crippen molar-refractivity contribution in [3.63, 3.8) is 0 Å². The number of fused-ring (bicyclic) bond motifs is 1. The van der Waals surface area contributed by atoms with Gasteiger partial charge in [-0.15, -0.1) is 23.7 Å². The summed E-state index contributed by atoms with van der Waals surface area (Å²) in [5.74, 6) is -0.0220. The number of aromatic nitrogens is 2. The molecular formula is C17H20Cl2N4OS. The van der Waals surface area contributed by atoms with E-state index in [0.29, 0.717) is 16.4 Å². The zero-order valence-corrected chi connectivity index (χ0v) is 16.6. The fourth-order valence-electron chi connectivity index (χ4n) is 2.47. The molecule has 25 heavy (non-hydrogen) atoms. The van der Waals surface area contributed by atoms with E-state index in [0.717, 1.165) is 21.6 Å². The molecule has 8 heteroatoms. The number of likely N-dealkylation sites (N-methyl/N-ethyl adjacent to an activating group) is 1. The van der Waals surface area contributed by atoms with Crippen LogP contribution in [0.3, 0.4) is 0 Å². The molecule has 0 aliphatic rings. The lowest BCUT2D eigenvalue weighted by atomic mass is 10.2. The number of thiophene rings is 1. The molecular weight excluding hydrogens is 379 g/mol. The summed E-state index contributed by atoms with van der Waals surface area (Å²) in [6.45, 7) is 4.31. The molecule has 0 bridgehead atoms. The van der Waals surface area contributed by atoms with Gasteiger partial charge in [-0.05, 0) is 38.1 Å². The average Bonchev–Trinajstić information content (AvgIpc) is 3.13. The average molecular weight is 399 g/mol. The zero-order chi connectivity index (χ0) is 17.4. The number of hydrogen-bond donors (Lipinski definition) is 1. The lowest BCUT2D eigenvalue weighted by Crippen LogP contribution is -2.39. The number of rotatable bonds is 4. The Morgan fingerprint density at radius 3 is 2.80 bits per heavy atom. The molecule has 3 aromatic rings. The molecule has 1 unspecified atom stereocenters. The minimum Gasteiger partial charge on any atom is -0.337 e. The molecule has 0 fully saturated rings. The quantitative estimate of drug-likeness (QED) is 0.724. The molecule has 2 N–H and O–H groups in total. The van der Waals surface area contributed by atoms with Crippen LogP contribution in [0.4, 0.5) is 0 Å². The summed E-state index contributed by atoms with van der Waals surface area (Å²) in [5.41, 5.74) is 7.43. The number of carbonyl (C=O) groups is 1. The summed E-state index contributed by atoms with van der Waals surface area (Å²) in [7, 11) is 1.78. The number of benzene rings is 1. The predicted octanol–water partition coefficient (Wildman–Crippen LogP) is 3.89. The highest BCUT2D eigenvalue weighted by Crippen LogP contribution is 2.31. The highest BCUT2D eigenvalue weighted by atomic mass is 35.5. The maximum atomic E-state index is 12.7. The number of hydrogen-bond acceptors (Lipinski definition) is 4. The Balaban J connectivity index is 0.00000225. The van der Waals surface area contributed by atoms with E-state index < -0.39 is 0 Å². The Kier molecular flexibility index (Phi) is 6.11. The van der Waals surface area contributed by atoms with Crippen LogP contribution in [-0.2, 0) is 0 Å². The van der Waals surface area contributed by atoms with Gasteiger partial charge in [0.15, 0.2) is 0 Å². The smallest absolute Gasteiger partial charge is 0.264 e. The van der Waals surface area contributed by atoms with Crippen LogP contribution in [0.2, 0.25) is 5.02 Å². The van der Waals surface area contributed by atoms with Gasteiger partial charge in [0.05, 0.1) is 16.3 Å². The van der Waals surface area contributed by atoms with Crippen LogP contribution in [-0.4, -0.2) is 40.2 Å². The Morgan fingerprint density at radius 1 is 1.44 bits per heavy atom. The van der Waals surface area contributed by atoms with Gasteiger partial charge in [0.2, 0.25) is 0 Å². The van der Waals surface area contributed by atoms with Gasteiger partial charge in [0.25, 0.3) is 5.91 Å². The maximum absolute atomic E-state index is 12.7. The third kappa shape index (κ3) is 3.67. The molecule has 1 aromatic carbocycles. The number of amides is 1. The summed E-state index contributed by atoms with van der Waals surface area (Å²) in [6.07, 6.45) is 0. The molecule has 0 saturated carbocycles. The van der Waals surface area contributed by atoms with E-state index in [-0.39, 0.29) is 24.4 Å². The summed E-state index contributed by atoms with van der Waals surface area (Å²) in [4.78, 5) is 16.0. The molecule has 0 aliphatic heterocycles. The molecule has 0 saturated heterocycles. The van der Waals surface area contributed by atoms with Crippen molar-refractivity contribution in [1.29, 1.82) is 0 Å². The van der Waals surface area contributed by atoms with Gasteiger partial charge in [-0.25, -0.2) is 4.68 Å². The van der Waals surface area contributed by atoms with Crippen molar-refractivity contribution in [1.82, 2.24) is 14.7 Å². The number of halogens is 2. The molecule has 1 atom stereocenters. The first-order valence-electron chi connectivity index (χ1n) is 7.64. The highest BCUT2D eigenvalue weighted by molar-refractivity contribution is 7.20. The maximum Gasteiger partial charge on any atom is 0.264 e. The Hall–Kier alpha value is -1.60. The molecule has 5 nitrogen and oxygen atoms in total. The minimum absolute atomic E-state index is 0. The van der Waals surface area contributed by atoms with E-state index in [1.165, 1.54) is 11.3 Å². The molecule has 3 rings (SSSR count). The Labute approximate surface area is 161 Å². The van der Waals surface area contributed by atoms with E-state index >= 15 is 0 Å². The zero-order valence-electron chi connectivity index (χ0n) is 14.2. The third-order valence-electron chi connectivity index (χ3n) is 4.13. The van der Waals surface area contributed by atoms with Crippen molar-refractivity contribution in [2.24, 2.45) is 5.73 Å². The van der Waals surface area contributed by atoms with Gasteiger partial charge in [0, 0.05) is 30.0 Å². The lowest BCUT2D eigenvalue weighted by molar-refractivity contribution is 0.0753. The lowest BCUT2D eigenvalue weighted by Gasteiger charge is -2.22. The van der Waals surface area contributed by atoms with E-state index in [9.17, 15) is 4.79 Å². The van der Waals surface area contributed by atoms with Crippen molar-refractivity contribution in [3.05, 3.63) is 45.9 Å². The Bertz CT molecular complexity index is 905. The predicted molar refractivity (Wildman–Crippen MR) is 107 cm³/mol. The summed E-state index contributed by atoms with van der Waals surface area (Å²) in [6, 6.07) is 9.42. The minimum atomic E-state index is -0.0220. The van der Waals surface area contributed by atoms with Gasteiger partial charge in [-0.2, -0.15) is 5.10 Å². The van der Waals surface area contributed by atoms with Crippen molar-refractivity contribution in [2.75, 3.05) is 13.6 Å². The first-order chi connectivity index (χ1) is 11.4. The second-order valence-corrected chi connectivity index (χ2v) is 7.27. The standard InChI is InChI=1S/C17H19ClN4OS.ClH/c1-10(9-19)21(3)16(23)15-8-14-11(2)20-22(17(14)24-15)13-6-4-5-12(18)7-13;/h4-8,10H,9,19H2,1-3H3;1H. The molecule has 134 valence electrons. The van der Waals surface area contributed by atoms with E-state index in [4.69, 9.17) is 17.3 Å². The SMILES string of the molecule is Cc1nn(-c2cccc(Cl)c2)c2sc(C(=O)N(C)C(C)CN)cc12.Cl. The van der Waals surface area contributed by atoms with Gasteiger partial charge in [-0.3, -0.25) is 4.79 Å². The number of aryl methyl sites for hydroxylation is 1. The fourth-order valence-corrected chi connectivity index (χ4v) is 3.82. The van der Waals surface area contributed by atoms with E-state index in [1.54, 1.807) is 11.9 Å². The largest absolute Gasteiger partial charge is 0.337 e. The summed E-state index contributed by atoms with van der Waals surface area (Å²) >= 11 is 7.53. The van der Waals surface area contributed by atoms with Crippen LogP contribution < -0.4 is 5.73 Å². The summed E-state index contributed by atoms with van der Waals surface area (Å²) < 4.78 is 1.84. The second kappa shape index (κ2) is 7.74. The Morgan fingerprint density at radius 2 is 2.16 bits per heavy atom. The number of nitrogens with two attached hydrogens (primary N) is 1. The molecule has 2 aromatic heterocycles. The molecule has 0 spiro atoms. The van der Waals surface area contributed by atoms with Crippen molar-refractivity contribution in [2.45, 2.75) is 19.9 Å². The van der Waals surface area contributed by atoms with Gasteiger partial charge >= 0.3 is 0 Å². The molecule has 0 radical (unpaired) electrons. The van der Waals surface area contributed by atoms with Crippen molar-refractivity contribution in [3.8, 4) is 5.69 Å². The van der Waals surface area contributed by atoms with Crippen LogP contribution in [0.15, 0.2) is 30.3 Å². The monoisotopic (exact) mass is 398 g/mol. The molecule has 0 aliphatic carbocycles. The van der Waals surface area contributed by atoms with E-state index in [2.05, 4.69) is 5.10 Å². The fraction of sp³-hybridized carbons (Fsp3) is 0.294. The second-order valence-electron chi connectivity index (χ2n) is 5.81. The van der Waals surface area contributed by atoms with Gasteiger partial charge in [0.1, 0.15) is 4.83 Å². The van der Waals surface area contributed by atoms with Crippen LogP contribution >= 0.6 is 35.3 Å². The first kappa shape index (κ1) is 19.7. The van der Waals surface area contributed by atoms with Crippen molar-refractivity contribution < 1.29 is 4.79 Å². The van der Waals surface area contributed by atoms with Gasteiger partial charge < -0.3 is 10.6 Å². The van der Waals surface area contributed by atoms with Crippen LogP contribution in [0, 0.1) is 6.92 Å². The number of nitrogens with zero attached hydrogens (tertiary/aromatic N) is 3. The van der Waals surface area contributed by atoms with Crippen LogP contribution in [0.5, 0.6) is 0 Å². The molecule has 1 amide bonds. The highest BCUT2D eigenvalue weighted by Gasteiger charge is 2.21. The normalized spacial score (nSPS) is 12.0. The first-order valence-corrected chi connectivity index (χ1v) is 8.84. The van der Waals surface area contributed by atoms with Crippen LogP contribution in [0.1, 0.15) is 22.3 Å². The summed E-state index contributed by atoms with van der Waals surface area (Å²) in [5, 5.41) is 6.22. The third-order valence-corrected chi connectivity index (χ3v) is 5.46. The van der Waals surface area contributed by atoms with Gasteiger partial charge in [-0.1, -0.05) is 17.7 Å². The van der Waals surface area contributed by atoms with Crippen molar-refractivity contribution >= 4 is 51.5 Å². The van der Waals surface area contributed by atoms with E-state index in [1.807, 2.05) is 48.9 Å². The molecule has 2 heterocycles. The topological polar surface area (TPSA) is 64.2 Å². The number of carbonyl (C=O) groups excluding carboxylic acids is 1. The van der Waals surface area contributed by atoms with Crippen LogP contribution in [0.25, 0.3) is 15.9 Å².